The molecule has 1 unspecified atom stereocenters. The maximum absolute atomic E-state index is 11.5. The topological polar surface area (TPSA) is 58.4 Å². The van der Waals surface area contributed by atoms with Gasteiger partial charge in [0, 0.05) is 12.6 Å². The Labute approximate surface area is 105 Å². The van der Waals surface area contributed by atoms with Crippen molar-refractivity contribution in [3.05, 3.63) is 0 Å². The molecule has 1 aliphatic rings. The zero-order valence-corrected chi connectivity index (χ0v) is 11.4. The van der Waals surface area contributed by atoms with E-state index < -0.39 is 0 Å². The summed E-state index contributed by atoms with van der Waals surface area (Å²) in [5.74, 6) is 0.516. The zero-order chi connectivity index (χ0) is 12.8. The van der Waals surface area contributed by atoms with Gasteiger partial charge in [-0.2, -0.15) is 0 Å². The molecule has 0 radical (unpaired) electrons. The molecule has 0 saturated carbocycles. The lowest BCUT2D eigenvalue weighted by Crippen LogP contribution is -2.50. The SMILES string of the molecule is CCC(C(N)=O)N(CC1CCNCC1)C(C)C. The number of carbonyl (C=O) groups excluding carboxylic acids is 1. The highest BCUT2D eigenvalue weighted by atomic mass is 16.1. The first-order valence-corrected chi connectivity index (χ1v) is 6.82. The molecule has 1 rings (SSSR count). The molecule has 0 aromatic heterocycles. The standard InChI is InChI=1S/C13H27N3O/c1-4-12(13(14)17)16(10(2)3)9-11-5-7-15-8-6-11/h10-12,15H,4-9H2,1-3H3,(H2,14,17). The number of piperidine rings is 1. The third kappa shape index (κ3) is 4.28. The Morgan fingerprint density at radius 1 is 1.41 bits per heavy atom. The van der Waals surface area contributed by atoms with Gasteiger partial charge < -0.3 is 11.1 Å². The summed E-state index contributed by atoms with van der Waals surface area (Å²) in [6.07, 6.45) is 3.22. The second-order valence-corrected chi connectivity index (χ2v) is 5.31. The van der Waals surface area contributed by atoms with Gasteiger partial charge in [0.05, 0.1) is 6.04 Å². The van der Waals surface area contributed by atoms with Gasteiger partial charge in [-0.25, -0.2) is 0 Å². The molecule has 0 spiro atoms. The first-order chi connectivity index (χ1) is 8.06. The van der Waals surface area contributed by atoms with Gasteiger partial charge in [0.2, 0.25) is 5.91 Å². The predicted octanol–water partition coefficient (Wildman–Crippen LogP) is 0.960. The average Bonchev–Trinajstić information content (AvgIpc) is 2.29. The second-order valence-electron chi connectivity index (χ2n) is 5.31. The van der Waals surface area contributed by atoms with Crippen LogP contribution in [0.5, 0.6) is 0 Å². The van der Waals surface area contributed by atoms with Crippen LogP contribution >= 0.6 is 0 Å². The Kier molecular flexibility index (Phi) is 5.92. The number of primary amides is 1. The molecule has 1 heterocycles. The van der Waals surface area contributed by atoms with Gasteiger partial charge in [-0.3, -0.25) is 9.69 Å². The van der Waals surface area contributed by atoms with Gasteiger partial charge in [0.25, 0.3) is 0 Å². The molecule has 1 amide bonds. The summed E-state index contributed by atoms with van der Waals surface area (Å²) >= 11 is 0. The van der Waals surface area contributed by atoms with Crippen LogP contribution in [-0.2, 0) is 4.79 Å². The summed E-state index contributed by atoms with van der Waals surface area (Å²) in [6, 6.07) is 0.271. The minimum absolute atomic E-state index is 0.107. The summed E-state index contributed by atoms with van der Waals surface area (Å²) in [7, 11) is 0. The average molecular weight is 241 g/mol. The Morgan fingerprint density at radius 3 is 2.41 bits per heavy atom. The van der Waals surface area contributed by atoms with E-state index >= 15 is 0 Å². The van der Waals surface area contributed by atoms with E-state index in [1.165, 1.54) is 12.8 Å². The fourth-order valence-corrected chi connectivity index (χ4v) is 2.66. The molecule has 0 aromatic carbocycles. The fourth-order valence-electron chi connectivity index (χ4n) is 2.66. The first-order valence-electron chi connectivity index (χ1n) is 6.82. The van der Waals surface area contributed by atoms with Gasteiger partial charge in [-0.05, 0) is 52.1 Å². The highest BCUT2D eigenvalue weighted by molar-refractivity contribution is 5.79. The molecular weight excluding hydrogens is 214 g/mol. The highest BCUT2D eigenvalue weighted by Gasteiger charge is 2.27. The predicted molar refractivity (Wildman–Crippen MR) is 70.7 cm³/mol. The van der Waals surface area contributed by atoms with Crippen LogP contribution in [0.3, 0.4) is 0 Å². The minimum atomic E-state index is -0.185. The van der Waals surface area contributed by atoms with Crippen molar-refractivity contribution in [3.63, 3.8) is 0 Å². The van der Waals surface area contributed by atoms with E-state index in [9.17, 15) is 4.79 Å². The Bertz CT molecular complexity index is 237. The zero-order valence-electron chi connectivity index (χ0n) is 11.4. The number of nitrogens with one attached hydrogen (secondary N) is 1. The molecule has 4 nitrogen and oxygen atoms in total. The van der Waals surface area contributed by atoms with Gasteiger partial charge in [-0.15, -0.1) is 0 Å². The van der Waals surface area contributed by atoms with Crippen LogP contribution in [0, 0.1) is 5.92 Å². The molecule has 100 valence electrons. The maximum atomic E-state index is 11.5. The van der Waals surface area contributed by atoms with E-state index in [-0.39, 0.29) is 11.9 Å². The van der Waals surface area contributed by atoms with Crippen molar-refractivity contribution in [2.75, 3.05) is 19.6 Å². The smallest absolute Gasteiger partial charge is 0.234 e. The lowest BCUT2D eigenvalue weighted by molar-refractivity contribution is -0.124. The van der Waals surface area contributed by atoms with E-state index in [0.29, 0.717) is 12.0 Å². The summed E-state index contributed by atoms with van der Waals surface area (Å²) in [4.78, 5) is 13.8. The van der Waals surface area contributed by atoms with Crippen molar-refractivity contribution in [3.8, 4) is 0 Å². The normalized spacial score (nSPS) is 19.8. The van der Waals surface area contributed by atoms with Crippen LogP contribution in [0.15, 0.2) is 0 Å². The minimum Gasteiger partial charge on any atom is -0.368 e. The molecule has 1 saturated heterocycles. The molecule has 17 heavy (non-hydrogen) atoms. The van der Waals surface area contributed by atoms with Crippen LogP contribution in [0.2, 0.25) is 0 Å². The summed E-state index contributed by atoms with van der Waals surface area (Å²) in [5, 5.41) is 3.37. The molecule has 1 atom stereocenters. The third-order valence-corrected chi connectivity index (χ3v) is 3.71. The Morgan fingerprint density at radius 2 is 2.00 bits per heavy atom. The van der Waals surface area contributed by atoms with Crippen molar-refractivity contribution < 1.29 is 4.79 Å². The van der Waals surface area contributed by atoms with Crippen LogP contribution < -0.4 is 11.1 Å². The first kappa shape index (κ1) is 14.5. The quantitative estimate of drug-likeness (QED) is 0.728. The summed E-state index contributed by atoms with van der Waals surface area (Å²) < 4.78 is 0. The van der Waals surface area contributed by atoms with Gasteiger partial charge >= 0.3 is 0 Å². The van der Waals surface area contributed by atoms with E-state index in [1.807, 2.05) is 6.92 Å². The molecule has 0 bridgehead atoms. The van der Waals surface area contributed by atoms with Crippen molar-refractivity contribution >= 4 is 5.91 Å². The molecule has 1 aliphatic heterocycles. The second kappa shape index (κ2) is 6.97. The van der Waals surface area contributed by atoms with Gasteiger partial charge in [0.15, 0.2) is 0 Å². The van der Waals surface area contributed by atoms with Crippen molar-refractivity contribution in [2.24, 2.45) is 11.7 Å². The van der Waals surface area contributed by atoms with Crippen molar-refractivity contribution in [2.45, 2.75) is 52.1 Å². The van der Waals surface area contributed by atoms with Crippen LogP contribution in [0.25, 0.3) is 0 Å². The number of hydrogen-bond donors (Lipinski definition) is 2. The van der Waals surface area contributed by atoms with Gasteiger partial charge in [-0.1, -0.05) is 6.92 Å². The molecular formula is C13H27N3O. The number of nitrogens with two attached hydrogens (primary N) is 1. The summed E-state index contributed by atoms with van der Waals surface area (Å²) in [6.45, 7) is 9.53. The number of rotatable bonds is 6. The van der Waals surface area contributed by atoms with Crippen molar-refractivity contribution in [1.29, 1.82) is 0 Å². The lowest BCUT2D eigenvalue weighted by atomic mass is 9.95. The van der Waals surface area contributed by atoms with Crippen LogP contribution in [-0.4, -0.2) is 42.5 Å². The molecule has 3 N–H and O–H groups in total. The van der Waals surface area contributed by atoms with Gasteiger partial charge in [0.1, 0.15) is 0 Å². The molecule has 0 aliphatic carbocycles. The maximum Gasteiger partial charge on any atom is 0.234 e. The number of hydrogen-bond acceptors (Lipinski definition) is 3. The van der Waals surface area contributed by atoms with Crippen LogP contribution in [0.4, 0.5) is 0 Å². The lowest BCUT2D eigenvalue weighted by Gasteiger charge is -2.36. The summed E-state index contributed by atoms with van der Waals surface area (Å²) in [5.41, 5.74) is 5.50. The highest BCUT2D eigenvalue weighted by Crippen LogP contribution is 2.18. The number of carbonyl (C=O) groups is 1. The van der Waals surface area contributed by atoms with Crippen molar-refractivity contribution in [1.82, 2.24) is 10.2 Å². The van der Waals surface area contributed by atoms with E-state index in [1.54, 1.807) is 0 Å². The fraction of sp³-hybridized carbons (Fsp3) is 0.923. The van der Waals surface area contributed by atoms with Crippen LogP contribution in [0.1, 0.15) is 40.0 Å². The number of nitrogens with zero attached hydrogens (tertiary/aromatic N) is 1. The molecule has 1 fully saturated rings. The van der Waals surface area contributed by atoms with E-state index in [2.05, 4.69) is 24.1 Å². The molecule has 0 aromatic rings. The monoisotopic (exact) mass is 241 g/mol. The largest absolute Gasteiger partial charge is 0.368 e. The number of amides is 1. The third-order valence-electron chi connectivity index (χ3n) is 3.71. The van der Waals surface area contributed by atoms with E-state index in [0.717, 1.165) is 26.1 Å². The Hall–Kier alpha value is -0.610. The molecule has 4 heteroatoms. The Balaban J connectivity index is 2.60. The van der Waals surface area contributed by atoms with E-state index in [4.69, 9.17) is 5.73 Å².